The highest BCUT2D eigenvalue weighted by Crippen LogP contribution is 2.20. The van der Waals surface area contributed by atoms with Gasteiger partial charge in [-0.15, -0.1) is 0 Å². The van der Waals surface area contributed by atoms with E-state index in [-0.39, 0.29) is 11.8 Å². The fraction of sp³-hybridized carbons (Fsp3) is 0.350. The van der Waals surface area contributed by atoms with Gasteiger partial charge in [0.25, 0.3) is 0 Å². The number of rotatable bonds is 5. The number of nitrogens with zero attached hydrogens (tertiary/aromatic N) is 1. The van der Waals surface area contributed by atoms with Gasteiger partial charge in [-0.05, 0) is 43.1 Å². The monoisotopic (exact) mass is 342 g/mol. The third-order valence-electron chi connectivity index (χ3n) is 4.62. The van der Waals surface area contributed by atoms with Gasteiger partial charge in [-0.25, -0.2) is 0 Å². The topological polar surface area (TPSA) is 32.3 Å². The van der Waals surface area contributed by atoms with E-state index in [2.05, 4.69) is 34.5 Å². The standard InChI is InChI=1S/C20H23ClN2O/c21-19-9-5-4-8-18(19)14-22-20(24)17-10-12-23(13-11-17)15-16-6-2-1-3-7-16/h1-9,17H,10-15H2,(H,22,24). The maximum atomic E-state index is 12.4. The van der Waals surface area contributed by atoms with Gasteiger partial charge in [0.1, 0.15) is 0 Å². The maximum Gasteiger partial charge on any atom is 0.223 e. The van der Waals surface area contributed by atoms with E-state index in [1.54, 1.807) is 0 Å². The Morgan fingerprint density at radius 2 is 1.71 bits per heavy atom. The van der Waals surface area contributed by atoms with Crippen LogP contribution < -0.4 is 5.32 Å². The van der Waals surface area contributed by atoms with Crippen molar-refractivity contribution in [1.29, 1.82) is 0 Å². The van der Waals surface area contributed by atoms with Crippen LogP contribution in [0.25, 0.3) is 0 Å². The summed E-state index contributed by atoms with van der Waals surface area (Å²) >= 11 is 6.13. The minimum atomic E-state index is 0.111. The number of benzene rings is 2. The van der Waals surface area contributed by atoms with E-state index in [4.69, 9.17) is 11.6 Å². The number of amides is 1. The normalized spacial score (nSPS) is 16.0. The van der Waals surface area contributed by atoms with Gasteiger partial charge in [0.05, 0.1) is 0 Å². The second kappa shape index (κ2) is 8.32. The molecule has 1 heterocycles. The molecule has 0 unspecified atom stereocenters. The summed E-state index contributed by atoms with van der Waals surface area (Å²) in [5.74, 6) is 0.258. The fourth-order valence-corrected chi connectivity index (χ4v) is 3.37. The molecule has 0 radical (unpaired) electrons. The van der Waals surface area contributed by atoms with E-state index in [1.807, 2.05) is 30.3 Å². The first kappa shape index (κ1) is 17.0. The minimum absolute atomic E-state index is 0.111. The molecule has 1 fully saturated rings. The maximum absolute atomic E-state index is 12.4. The molecule has 2 aromatic rings. The molecule has 1 amide bonds. The second-order valence-electron chi connectivity index (χ2n) is 6.35. The van der Waals surface area contributed by atoms with E-state index in [0.717, 1.165) is 38.0 Å². The van der Waals surface area contributed by atoms with Crippen LogP contribution in [-0.2, 0) is 17.9 Å². The van der Waals surface area contributed by atoms with Crippen molar-refractivity contribution in [3.8, 4) is 0 Å². The number of hydrogen-bond acceptors (Lipinski definition) is 2. The van der Waals surface area contributed by atoms with Gasteiger partial charge in [-0.3, -0.25) is 9.69 Å². The largest absolute Gasteiger partial charge is 0.352 e. The van der Waals surface area contributed by atoms with Gasteiger partial charge in [0.15, 0.2) is 0 Å². The quantitative estimate of drug-likeness (QED) is 0.894. The smallest absolute Gasteiger partial charge is 0.223 e. The molecule has 0 bridgehead atoms. The molecule has 24 heavy (non-hydrogen) atoms. The third-order valence-corrected chi connectivity index (χ3v) is 4.99. The van der Waals surface area contributed by atoms with Crippen LogP contribution in [-0.4, -0.2) is 23.9 Å². The summed E-state index contributed by atoms with van der Waals surface area (Å²) in [6.07, 6.45) is 1.84. The highest BCUT2D eigenvalue weighted by molar-refractivity contribution is 6.31. The Balaban J connectivity index is 1.44. The Morgan fingerprint density at radius 3 is 2.42 bits per heavy atom. The third kappa shape index (κ3) is 4.59. The van der Waals surface area contributed by atoms with E-state index in [0.29, 0.717) is 11.6 Å². The van der Waals surface area contributed by atoms with E-state index < -0.39 is 0 Å². The first-order chi connectivity index (χ1) is 11.7. The molecular weight excluding hydrogens is 320 g/mol. The predicted molar refractivity (Wildman–Crippen MR) is 97.7 cm³/mol. The predicted octanol–water partition coefficient (Wildman–Crippen LogP) is 3.87. The summed E-state index contributed by atoms with van der Waals surface area (Å²) in [5.41, 5.74) is 2.30. The average molecular weight is 343 g/mol. The fourth-order valence-electron chi connectivity index (χ4n) is 3.16. The van der Waals surface area contributed by atoms with Crippen LogP contribution in [0.3, 0.4) is 0 Å². The summed E-state index contributed by atoms with van der Waals surface area (Å²) in [7, 11) is 0. The Kier molecular flexibility index (Phi) is 5.89. The lowest BCUT2D eigenvalue weighted by atomic mass is 9.95. The van der Waals surface area contributed by atoms with Crippen molar-refractivity contribution in [2.24, 2.45) is 5.92 Å². The number of hydrogen-bond donors (Lipinski definition) is 1. The van der Waals surface area contributed by atoms with Crippen LogP contribution in [0.4, 0.5) is 0 Å². The lowest BCUT2D eigenvalue weighted by molar-refractivity contribution is -0.126. The van der Waals surface area contributed by atoms with Crippen molar-refractivity contribution in [1.82, 2.24) is 10.2 Å². The molecule has 3 nitrogen and oxygen atoms in total. The van der Waals surface area contributed by atoms with Crippen LogP contribution in [0.1, 0.15) is 24.0 Å². The second-order valence-corrected chi connectivity index (χ2v) is 6.75. The summed E-state index contributed by atoms with van der Waals surface area (Å²) in [6.45, 7) is 3.41. The van der Waals surface area contributed by atoms with Crippen molar-refractivity contribution in [2.75, 3.05) is 13.1 Å². The van der Waals surface area contributed by atoms with E-state index in [1.165, 1.54) is 5.56 Å². The molecule has 0 atom stereocenters. The zero-order valence-corrected chi connectivity index (χ0v) is 14.5. The van der Waals surface area contributed by atoms with Crippen molar-refractivity contribution in [2.45, 2.75) is 25.9 Å². The molecule has 3 rings (SSSR count). The van der Waals surface area contributed by atoms with Gasteiger partial charge in [0.2, 0.25) is 5.91 Å². The van der Waals surface area contributed by atoms with Crippen molar-refractivity contribution < 1.29 is 4.79 Å². The van der Waals surface area contributed by atoms with Gasteiger partial charge in [-0.1, -0.05) is 60.1 Å². The Labute approximate surface area is 148 Å². The summed E-state index contributed by atoms with van der Waals surface area (Å²) in [6, 6.07) is 18.1. The molecule has 2 aromatic carbocycles. The Morgan fingerprint density at radius 1 is 1.04 bits per heavy atom. The zero-order chi connectivity index (χ0) is 16.8. The molecule has 0 spiro atoms. The number of nitrogens with one attached hydrogen (secondary N) is 1. The van der Waals surface area contributed by atoms with Crippen molar-refractivity contribution >= 4 is 17.5 Å². The number of carbonyl (C=O) groups excluding carboxylic acids is 1. The number of likely N-dealkylation sites (tertiary alicyclic amines) is 1. The molecule has 0 aliphatic carbocycles. The van der Waals surface area contributed by atoms with Gasteiger partial charge in [0, 0.05) is 24.0 Å². The van der Waals surface area contributed by atoms with Crippen LogP contribution >= 0.6 is 11.6 Å². The highest BCUT2D eigenvalue weighted by Gasteiger charge is 2.24. The van der Waals surface area contributed by atoms with Crippen LogP contribution in [0.2, 0.25) is 5.02 Å². The minimum Gasteiger partial charge on any atom is -0.352 e. The number of piperidine rings is 1. The Bertz CT molecular complexity index is 666. The molecule has 1 aliphatic heterocycles. The van der Waals surface area contributed by atoms with Gasteiger partial charge < -0.3 is 5.32 Å². The lowest BCUT2D eigenvalue weighted by Gasteiger charge is -2.31. The number of halogens is 1. The molecule has 0 saturated carbocycles. The molecule has 126 valence electrons. The first-order valence-electron chi connectivity index (χ1n) is 8.50. The number of carbonyl (C=O) groups is 1. The molecule has 4 heteroatoms. The molecular formula is C20H23ClN2O. The Hall–Kier alpha value is -1.84. The highest BCUT2D eigenvalue weighted by atomic mass is 35.5. The molecule has 1 N–H and O–H groups in total. The lowest BCUT2D eigenvalue weighted by Crippen LogP contribution is -2.40. The molecule has 1 saturated heterocycles. The van der Waals surface area contributed by atoms with Crippen molar-refractivity contribution in [3.05, 3.63) is 70.7 Å². The summed E-state index contributed by atoms with van der Waals surface area (Å²) in [4.78, 5) is 14.8. The van der Waals surface area contributed by atoms with E-state index in [9.17, 15) is 4.79 Å². The average Bonchev–Trinajstić information content (AvgIpc) is 2.62. The van der Waals surface area contributed by atoms with E-state index >= 15 is 0 Å². The zero-order valence-electron chi connectivity index (χ0n) is 13.7. The van der Waals surface area contributed by atoms with Crippen LogP contribution in [0, 0.1) is 5.92 Å². The van der Waals surface area contributed by atoms with Gasteiger partial charge >= 0.3 is 0 Å². The molecule has 1 aliphatic rings. The molecule has 0 aromatic heterocycles. The first-order valence-corrected chi connectivity index (χ1v) is 8.87. The van der Waals surface area contributed by atoms with Crippen LogP contribution in [0.5, 0.6) is 0 Å². The summed E-state index contributed by atoms with van der Waals surface area (Å²) < 4.78 is 0. The van der Waals surface area contributed by atoms with Crippen molar-refractivity contribution in [3.63, 3.8) is 0 Å². The SMILES string of the molecule is O=C(NCc1ccccc1Cl)C1CCN(Cc2ccccc2)CC1. The summed E-state index contributed by atoms with van der Waals surface area (Å²) in [5, 5.41) is 3.74. The van der Waals surface area contributed by atoms with Crippen LogP contribution in [0.15, 0.2) is 54.6 Å². The van der Waals surface area contributed by atoms with Gasteiger partial charge in [-0.2, -0.15) is 0 Å².